The van der Waals surface area contributed by atoms with E-state index in [9.17, 15) is 24.6 Å². The predicted octanol–water partition coefficient (Wildman–Crippen LogP) is 5.94. The van der Waals surface area contributed by atoms with Gasteiger partial charge in [0.15, 0.2) is 10.8 Å². The molecule has 0 unspecified atom stereocenters. The maximum absolute atomic E-state index is 14.2. The van der Waals surface area contributed by atoms with E-state index in [0.29, 0.717) is 36.3 Å². The van der Waals surface area contributed by atoms with Crippen LogP contribution in [0.5, 0.6) is 5.75 Å². The molecule has 3 aromatic heterocycles. The third kappa shape index (κ3) is 9.21. The molecule has 0 bridgehead atoms. The molecule has 2 aromatic carbocycles. The monoisotopic (exact) mass is 912 g/mol. The number of piperidine rings is 2. The van der Waals surface area contributed by atoms with E-state index in [1.54, 1.807) is 23.5 Å². The van der Waals surface area contributed by atoms with Crippen molar-refractivity contribution in [1.82, 2.24) is 45.5 Å². The van der Waals surface area contributed by atoms with E-state index in [4.69, 9.17) is 11.4 Å². The fraction of sp³-hybridized carbons (Fsp3) is 0.480. The number of aromatic nitrogens is 4. The average molecular weight is 913 g/mol. The van der Waals surface area contributed by atoms with Crippen LogP contribution in [-0.4, -0.2) is 126 Å². The minimum Gasteiger partial charge on any atom is -0.507 e. The molecule has 0 spiro atoms. The molecule has 4 amide bonds. The number of nitrogens with zero attached hydrogens (tertiary/aromatic N) is 7. The number of fused-ring (bicyclic) bond motifs is 3. The van der Waals surface area contributed by atoms with Crippen LogP contribution in [-0.2, 0) is 22.6 Å². The second-order valence-corrected chi connectivity index (χ2v) is 20.5. The Morgan fingerprint density at radius 3 is 2.45 bits per heavy atom. The maximum Gasteiger partial charge on any atom is 0.318 e. The number of hydrogen-bond donors (Lipinski definition) is 5. The van der Waals surface area contributed by atoms with Gasteiger partial charge in [0.25, 0.3) is 0 Å². The number of terminal acetylenes is 1. The zero-order chi connectivity index (χ0) is 46.3. The van der Waals surface area contributed by atoms with Crippen LogP contribution in [0.15, 0.2) is 60.8 Å². The number of carbonyl (C=O) groups is 3. The van der Waals surface area contributed by atoms with Gasteiger partial charge < -0.3 is 45.4 Å². The van der Waals surface area contributed by atoms with E-state index in [1.165, 1.54) is 21.0 Å². The molecular formula is C50H60N10O5S. The Morgan fingerprint density at radius 1 is 1.00 bits per heavy atom. The lowest BCUT2D eigenvalue weighted by molar-refractivity contribution is -0.142. The molecule has 4 aliphatic heterocycles. The van der Waals surface area contributed by atoms with Crippen molar-refractivity contribution in [1.29, 1.82) is 0 Å². The Labute approximate surface area is 390 Å². The van der Waals surface area contributed by atoms with Crippen LogP contribution in [0, 0.1) is 17.8 Å². The highest BCUT2D eigenvalue weighted by Gasteiger charge is 2.45. The summed E-state index contributed by atoms with van der Waals surface area (Å²) in [5.74, 6) is 2.48. The van der Waals surface area contributed by atoms with Crippen molar-refractivity contribution < 1.29 is 24.6 Å². The highest BCUT2D eigenvalue weighted by atomic mass is 32.1. The molecule has 66 heavy (non-hydrogen) atoms. The van der Waals surface area contributed by atoms with E-state index in [-0.39, 0.29) is 49.1 Å². The molecule has 4 atom stereocenters. The largest absolute Gasteiger partial charge is 0.507 e. The summed E-state index contributed by atoms with van der Waals surface area (Å²) in [6.07, 6.45) is 11.5. The number of β-amino-alcohol motifs (C(OH)–C–C–N with tert-alkyl or cyclic N) is 1. The summed E-state index contributed by atoms with van der Waals surface area (Å²) >= 11 is 1.80. The number of para-hydroxylation sites is 1. The fourth-order valence-electron chi connectivity index (χ4n) is 10.3. The van der Waals surface area contributed by atoms with Crippen LogP contribution in [0.4, 0.5) is 9.93 Å². The van der Waals surface area contributed by atoms with E-state index in [2.05, 4.69) is 54.7 Å². The predicted molar refractivity (Wildman–Crippen MR) is 255 cm³/mol. The third-order valence-electron chi connectivity index (χ3n) is 14.1. The average Bonchev–Trinajstić information content (AvgIpc) is 4.07. The molecule has 4 aliphatic rings. The van der Waals surface area contributed by atoms with Gasteiger partial charge in [0.05, 0.1) is 17.8 Å². The van der Waals surface area contributed by atoms with Crippen molar-refractivity contribution in [3.05, 3.63) is 88.1 Å². The normalized spacial score (nSPS) is 21.4. The molecule has 346 valence electrons. The Kier molecular flexibility index (Phi) is 12.8. The quantitative estimate of drug-likeness (QED) is 0.111. The topological polar surface area (TPSA) is 183 Å². The first kappa shape index (κ1) is 45.1. The molecule has 9 rings (SSSR count). The second-order valence-electron chi connectivity index (χ2n) is 19.4. The van der Waals surface area contributed by atoms with Gasteiger partial charge in [-0.3, -0.25) is 9.59 Å². The number of aliphatic hydroxyl groups is 1. The second kappa shape index (κ2) is 18.7. The first-order valence-electron chi connectivity index (χ1n) is 23.3. The van der Waals surface area contributed by atoms with Crippen LogP contribution in [0.3, 0.4) is 0 Å². The summed E-state index contributed by atoms with van der Waals surface area (Å²) in [5.41, 5.74) is 5.40. The smallest absolute Gasteiger partial charge is 0.318 e. The number of phenols is 1. The first-order valence-corrected chi connectivity index (χ1v) is 24.1. The van der Waals surface area contributed by atoms with Crippen molar-refractivity contribution in [3.8, 4) is 29.4 Å². The number of thiazole rings is 1. The van der Waals surface area contributed by atoms with E-state index in [1.807, 2.05) is 68.1 Å². The van der Waals surface area contributed by atoms with Crippen molar-refractivity contribution in [2.75, 3.05) is 44.2 Å². The number of amides is 4. The van der Waals surface area contributed by atoms with Crippen LogP contribution in [0.1, 0.15) is 99.0 Å². The summed E-state index contributed by atoms with van der Waals surface area (Å²) in [4.78, 5) is 59.5. The SMILES string of the molecule is C#Cc1ccc(CNC(=O)[C@@H]2C[C@@H](O)CN2C(=O)[C@@H](NC(=O)N2CCC(N3CCC(c4cnc(N5CCc6[nH]c7nnc(-c8ccccc8O)cc7c6[C@H]5C)s4)CC3)CC2)C(C)(C)C)cc1. The minimum atomic E-state index is -0.894. The number of aromatic amines is 1. The van der Waals surface area contributed by atoms with Gasteiger partial charge >= 0.3 is 6.03 Å². The van der Waals surface area contributed by atoms with Crippen molar-refractivity contribution in [2.45, 2.75) is 109 Å². The number of carbonyl (C=O) groups excluding carboxylic acids is 3. The van der Waals surface area contributed by atoms with Crippen molar-refractivity contribution >= 4 is 45.3 Å². The lowest BCUT2D eigenvalue weighted by atomic mass is 9.85. The van der Waals surface area contributed by atoms with Crippen molar-refractivity contribution in [2.24, 2.45) is 5.41 Å². The first-order chi connectivity index (χ1) is 31.7. The van der Waals surface area contributed by atoms with Gasteiger partial charge in [0, 0.05) is 90.5 Å². The molecule has 16 heteroatoms. The Hall–Kier alpha value is -6.02. The summed E-state index contributed by atoms with van der Waals surface area (Å²) in [7, 11) is 0. The van der Waals surface area contributed by atoms with Crippen LogP contribution in [0.2, 0.25) is 0 Å². The molecule has 7 heterocycles. The Balaban J connectivity index is 0.766. The Bertz CT molecular complexity index is 2620. The standard InChI is InChI=1S/C50H60N10O5S/c1-6-31-11-13-32(14-12-31)27-51-46(63)40-25-35(61)29-60(40)47(64)44(50(3,4)5)54-48(65)58-22-17-34(18-23-58)57-20-15-33(16-21-57)42-28-52-49(66-42)59-24-19-38-43(30(59)2)37-26-39(55-56-45(37)53-38)36-9-7-8-10-41(36)62/h1,7-14,26,28,30,33-35,40,44,61-62H,15-25,27,29H2,2-5H3,(H,51,63)(H,53,56)(H,54,65)/t30-,35-,40+,44-/m1/s1. The minimum absolute atomic E-state index is 0.0212. The van der Waals surface area contributed by atoms with Gasteiger partial charge in [0.1, 0.15) is 17.8 Å². The molecule has 3 saturated heterocycles. The molecule has 3 fully saturated rings. The van der Waals surface area contributed by atoms with E-state index in [0.717, 1.165) is 79.0 Å². The molecule has 5 N–H and O–H groups in total. The lowest BCUT2D eigenvalue weighted by Gasteiger charge is -2.42. The fourth-order valence-corrected chi connectivity index (χ4v) is 11.5. The number of benzene rings is 2. The summed E-state index contributed by atoms with van der Waals surface area (Å²) < 4.78 is 0. The van der Waals surface area contributed by atoms with Crippen LogP contribution < -0.4 is 15.5 Å². The number of aromatic hydroxyl groups is 1. The zero-order valence-corrected chi connectivity index (χ0v) is 39.0. The van der Waals surface area contributed by atoms with Crippen LogP contribution in [0.25, 0.3) is 22.3 Å². The number of rotatable bonds is 9. The number of aliphatic hydroxyl groups excluding tert-OH is 1. The maximum atomic E-state index is 14.2. The summed E-state index contributed by atoms with van der Waals surface area (Å²) in [5, 5.41) is 38.1. The molecule has 15 nitrogen and oxygen atoms in total. The van der Waals surface area contributed by atoms with Crippen LogP contribution >= 0.6 is 11.3 Å². The number of likely N-dealkylation sites (tertiary alicyclic amines) is 3. The molecular weight excluding hydrogens is 853 g/mol. The Morgan fingerprint density at radius 2 is 1.74 bits per heavy atom. The van der Waals surface area contributed by atoms with Gasteiger partial charge in [0.2, 0.25) is 11.8 Å². The molecule has 0 saturated carbocycles. The van der Waals surface area contributed by atoms with Gasteiger partial charge in [-0.05, 0) is 92.9 Å². The molecule has 0 aliphatic carbocycles. The van der Waals surface area contributed by atoms with Gasteiger partial charge in [-0.2, -0.15) is 0 Å². The van der Waals surface area contributed by atoms with Gasteiger partial charge in [-0.25, -0.2) is 9.78 Å². The molecule has 0 radical (unpaired) electrons. The molecule has 5 aromatic rings. The highest BCUT2D eigenvalue weighted by Crippen LogP contribution is 2.42. The van der Waals surface area contributed by atoms with Gasteiger partial charge in [-0.1, -0.05) is 51.0 Å². The number of anilines is 1. The van der Waals surface area contributed by atoms with Gasteiger partial charge in [-0.15, -0.1) is 28.0 Å². The number of nitrogens with one attached hydrogen (secondary N) is 3. The van der Waals surface area contributed by atoms with E-state index < -0.39 is 23.6 Å². The number of hydrogen-bond acceptors (Lipinski definition) is 11. The number of phenolic OH excluding ortho intramolecular Hbond substituents is 1. The third-order valence-corrected chi connectivity index (χ3v) is 15.3. The van der Waals surface area contributed by atoms with Crippen molar-refractivity contribution in [3.63, 3.8) is 0 Å². The number of H-pyrrole nitrogens is 1. The summed E-state index contributed by atoms with van der Waals surface area (Å²) in [6.45, 7) is 12.2. The summed E-state index contributed by atoms with van der Waals surface area (Å²) in [6, 6.07) is 15.0. The lowest BCUT2D eigenvalue weighted by Crippen LogP contribution is -2.60. The number of urea groups is 1. The highest BCUT2D eigenvalue weighted by molar-refractivity contribution is 7.15. The zero-order valence-electron chi connectivity index (χ0n) is 38.2. The van der Waals surface area contributed by atoms with E-state index >= 15 is 0 Å².